The Bertz CT molecular complexity index is 1310. The summed E-state index contributed by atoms with van der Waals surface area (Å²) in [6.07, 6.45) is 5.22. The lowest BCUT2D eigenvalue weighted by Gasteiger charge is -2.32. The number of aromatic nitrogens is 2. The van der Waals surface area contributed by atoms with Crippen LogP contribution in [0.1, 0.15) is 28.9 Å². The van der Waals surface area contributed by atoms with E-state index in [-0.39, 0.29) is 17.7 Å². The van der Waals surface area contributed by atoms with E-state index in [1.54, 1.807) is 12.3 Å². The molecular formula is C25H23ClN4O2. The quantitative estimate of drug-likeness (QED) is 0.508. The summed E-state index contributed by atoms with van der Waals surface area (Å²) < 4.78 is 1.84. The topological polar surface area (TPSA) is 66.7 Å². The lowest BCUT2D eigenvalue weighted by molar-refractivity contribution is -0.126. The molecule has 2 aromatic heterocycles. The summed E-state index contributed by atoms with van der Waals surface area (Å²) in [6.45, 7) is 1.43. The molecule has 7 heteroatoms. The predicted molar refractivity (Wildman–Crippen MR) is 125 cm³/mol. The molecule has 0 radical (unpaired) electrons. The fraction of sp³-hybridized carbons (Fsp3) is 0.240. The van der Waals surface area contributed by atoms with Gasteiger partial charge in [0.2, 0.25) is 5.91 Å². The molecular weight excluding hydrogens is 424 g/mol. The molecule has 1 aliphatic heterocycles. The van der Waals surface area contributed by atoms with E-state index in [4.69, 9.17) is 11.6 Å². The van der Waals surface area contributed by atoms with Gasteiger partial charge < -0.3 is 14.6 Å². The minimum Gasteiger partial charge on any atom is -0.350 e. The molecule has 3 heterocycles. The highest BCUT2D eigenvalue weighted by molar-refractivity contribution is 6.30. The molecule has 162 valence electrons. The van der Waals surface area contributed by atoms with E-state index < -0.39 is 0 Å². The van der Waals surface area contributed by atoms with E-state index in [0.717, 1.165) is 35.0 Å². The van der Waals surface area contributed by atoms with Crippen molar-refractivity contribution < 1.29 is 9.59 Å². The summed E-state index contributed by atoms with van der Waals surface area (Å²) in [5.41, 5.74) is 2.23. The number of fused-ring (bicyclic) bond motifs is 2. The second-order valence-electron chi connectivity index (χ2n) is 8.18. The first kappa shape index (κ1) is 20.5. The van der Waals surface area contributed by atoms with Gasteiger partial charge in [0.25, 0.3) is 5.91 Å². The van der Waals surface area contributed by atoms with Crippen molar-refractivity contribution in [3.05, 3.63) is 83.3 Å². The Morgan fingerprint density at radius 3 is 2.81 bits per heavy atom. The van der Waals surface area contributed by atoms with Gasteiger partial charge in [-0.2, -0.15) is 0 Å². The number of carbonyl (C=O) groups is 2. The Balaban J connectivity index is 1.25. The van der Waals surface area contributed by atoms with Crippen LogP contribution in [0.5, 0.6) is 0 Å². The van der Waals surface area contributed by atoms with Gasteiger partial charge in [0.1, 0.15) is 5.65 Å². The van der Waals surface area contributed by atoms with Gasteiger partial charge in [-0.1, -0.05) is 48.0 Å². The molecule has 6 nitrogen and oxygen atoms in total. The van der Waals surface area contributed by atoms with Crippen LogP contribution in [0, 0.1) is 5.92 Å². The number of halogens is 1. The van der Waals surface area contributed by atoms with Crippen LogP contribution in [0.25, 0.3) is 16.4 Å². The zero-order valence-corrected chi connectivity index (χ0v) is 18.3. The molecule has 0 aliphatic carbocycles. The van der Waals surface area contributed by atoms with Gasteiger partial charge in [-0.05, 0) is 41.8 Å². The predicted octanol–water partition coefficient (Wildman–Crippen LogP) is 4.31. The SMILES string of the molecule is O=C(NCc1cn2cc(Cl)ccc2n1)C1CCCN(C(=O)c2cccc3ccccc23)C1. The maximum absolute atomic E-state index is 13.3. The highest BCUT2D eigenvalue weighted by Gasteiger charge is 2.29. The Kier molecular flexibility index (Phi) is 5.53. The van der Waals surface area contributed by atoms with E-state index in [0.29, 0.717) is 30.2 Å². The fourth-order valence-electron chi connectivity index (χ4n) is 4.38. The summed E-state index contributed by atoms with van der Waals surface area (Å²) >= 11 is 6.02. The molecule has 5 rings (SSSR count). The maximum Gasteiger partial charge on any atom is 0.254 e. The Morgan fingerprint density at radius 1 is 1.06 bits per heavy atom. The molecule has 1 N–H and O–H groups in total. The molecule has 1 unspecified atom stereocenters. The first-order valence-corrected chi connectivity index (χ1v) is 11.1. The van der Waals surface area contributed by atoms with Gasteiger partial charge in [-0.3, -0.25) is 9.59 Å². The number of pyridine rings is 1. The van der Waals surface area contributed by atoms with Crippen molar-refractivity contribution in [1.29, 1.82) is 0 Å². The smallest absolute Gasteiger partial charge is 0.254 e. The van der Waals surface area contributed by atoms with Gasteiger partial charge in [0, 0.05) is 31.0 Å². The van der Waals surface area contributed by atoms with Crippen LogP contribution in [0.4, 0.5) is 0 Å². The van der Waals surface area contributed by atoms with E-state index in [1.807, 2.05) is 64.0 Å². The van der Waals surface area contributed by atoms with E-state index in [9.17, 15) is 9.59 Å². The zero-order valence-electron chi connectivity index (χ0n) is 17.5. The third kappa shape index (κ3) is 4.06. The van der Waals surface area contributed by atoms with Gasteiger partial charge in [-0.25, -0.2) is 4.98 Å². The van der Waals surface area contributed by atoms with Crippen LogP contribution in [0.15, 0.2) is 67.0 Å². The summed E-state index contributed by atoms with van der Waals surface area (Å²) in [5.74, 6) is -0.291. The monoisotopic (exact) mass is 446 g/mol. The van der Waals surface area contributed by atoms with Crippen molar-refractivity contribution in [2.24, 2.45) is 5.92 Å². The summed E-state index contributed by atoms with van der Waals surface area (Å²) in [7, 11) is 0. The van der Waals surface area contributed by atoms with Gasteiger partial charge >= 0.3 is 0 Å². The molecule has 2 amide bonds. The van der Waals surface area contributed by atoms with Gasteiger partial charge in [0.15, 0.2) is 0 Å². The lowest BCUT2D eigenvalue weighted by atomic mass is 9.95. The van der Waals surface area contributed by atoms with Crippen LogP contribution in [-0.4, -0.2) is 39.2 Å². The Labute approximate surface area is 190 Å². The Hall–Kier alpha value is -3.38. The van der Waals surface area contributed by atoms with Gasteiger partial charge in [0.05, 0.1) is 23.2 Å². The normalized spacial score (nSPS) is 16.4. The average molecular weight is 447 g/mol. The average Bonchev–Trinajstić information content (AvgIpc) is 3.23. The number of carbonyl (C=O) groups excluding carboxylic acids is 2. The highest BCUT2D eigenvalue weighted by Crippen LogP contribution is 2.24. The minimum absolute atomic E-state index is 0.0171. The fourth-order valence-corrected chi connectivity index (χ4v) is 4.55. The van der Waals surface area contributed by atoms with Crippen molar-refractivity contribution in [2.75, 3.05) is 13.1 Å². The van der Waals surface area contributed by atoms with Crippen molar-refractivity contribution in [2.45, 2.75) is 19.4 Å². The number of piperidine rings is 1. The number of hydrogen-bond acceptors (Lipinski definition) is 3. The van der Waals surface area contributed by atoms with E-state index >= 15 is 0 Å². The lowest BCUT2D eigenvalue weighted by Crippen LogP contribution is -2.45. The zero-order chi connectivity index (χ0) is 22.1. The van der Waals surface area contributed by atoms with E-state index in [1.165, 1.54) is 0 Å². The van der Waals surface area contributed by atoms with Crippen molar-refractivity contribution in [3.63, 3.8) is 0 Å². The molecule has 1 fully saturated rings. The number of nitrogens with zero attached hydrogens (tertiary/aromatic N) is 3. The van der Waals surface area contributed by atoms with Crippen LogP contribution in [0.2, 0.25) is 5.02 Å². The number of imidazole rings is 1. The first-order chi connectivity index (χ1) is 15.6. The first-order valence-electron chi connectivity index (χ1n) is 10.8. The second kappa shape index (κ2) is 8.63. The molecule has 0 saturated carbocycles. The molecule has 1 saturated heterocycles. The number of amides is 2. The number of benzene rings is 2. The van der Waals surface area contributed by atoms with Crippen LogP contribution in [0.3, 0.4) is 0 Å². The van der Waals surface area contributed by atoms with Crippen LogP contribution < -0.4 is 5.32 Å². The van der Waals surface area contributed by atoms with Crippen molar-refractivity contribution in [3.8, 4) is 0 Å². The van der Waals surface area contributed by atoms with E-state index in [2.05, 4.69) is 10.3 Å². The number of rotatable bonds is 4. The summed E-state index contributed by atoms with van der Waals surface area (Å²) in [5, 5.41) is 5.60. The number of hydrogen-bond donors (Lipinski definition) is 1. The third-order valence-electron chi connectivity index (χ3n) is 6.01. The third-order valence-corrected chi connectivity index (χ3v) is 6.23. The largest absolute Gasteiger partial charge is 0.350 e. The molecule has 0 spiro atoms. The van der Waals surface area contributed by atoms with Gasteiger partial charge in [-0.15, -0.1) is 0 Å². The van der Waals surface area contributed by atoms with Crippen molar-refractivity contribution in [1.82, 2.24) is 19.6 Å². The standard InChI is InChI=1S/C25H23ClN4O2/c26-19-10-11-23-28-20(16-30(23)15-19)13-27-24(31)18-7-4-12-29(14-18)25(32)22-9-3-6-17-5-1-2-8-21(17)22/h1-3,5-6,8-11,15-16,18H,4,7,12-14H2,(H,27,31). The Morgan fingerprint density at radius 2 is 1.91 bits per heavy atom. The molecule has 0 bridgehead atoms. The summed E-state index contributed by atoms with van der Waals surface area (Å²) in [6, 6.07) is 17.3. The molecule has 32 heavy (non-hydrogen) atoms. The van der Waals surface area contributed by atoms with Crippen LogP contribution in [-0.2, 0) is 11.3 Å². The molecule has 1 aliphatic rings. The highest BCUT2D eigenvalue weighted by atomic mass is 35.5. The minimum atomic E-state index is -0.228. The molecule has 1 atom stereocenters. The molecule has 4 aromatic rings. The number of likely N-dealkylation sites (tertiary alicyclic amines) is 1. The second-order valence-corrected chi connectivity index (χ2v) is 8.62. The summed E-state index contributed by atoms with van der Waals surface area (Å²) in [4.78, 5) is 32.4. The maximum atomic E-state index is 13.3. The number of nitrogens with one attached hydrogen (secondary N) is 1. The van der Waals surface area contributed by atoms with Crippen molar-refractivity contribution >= 4 is 39.8 Å². The molecule has 2 aromatic carbocycles. The van der Waals surface area contributed by atoms with Crippen LogP contribution >= 0.6 is 11.6 Å².